The second-order valence-corrected chi connectivity index (χ2v) is 6.02. The predicted octanol–water partition coefficient (Wildman–Crippen LogP) is 2.69. The predicted molar refractivity (Wildman–Crippen MR) is 86.4 cm³/mol. The summed E-state index contributed by atoms with van der Waals surface area (Å²) in [6.45, 7) is 5.53. The summed E-state index contributed by atoms with van der Waals surface area (Å²) < 4.78 is 13.7. The van der Waals surface area contributed by atoms with Crippen molar-refractivity contribution in [1.82, 2.24) is 9.55 Å². The molecule has 2 heterocycles. The molecule has 0 spiro atoms. The van der Waals surface area contributed by atoms with Gasteiger partial charge in [-0.15, -0.1) is 0 Å². The summed E-state index contributed by atoms with van der Waals surface area (Å²) in [4.78, 5) is 4.30. The van der Waals surface area contributed by atoms with Gasteiger partial charge in [-0.2, -0.15) is 0 Å². The first kappa shape index (κ1) is 14.9. The summed E-state index contributed by atoms with van der Waals surface area (Å²) in [6.07, 6.45) is 4.73. The normalized spacial score (nSPS) is 21.6. The molecule has 1 saturated heterocycles. The fraction of sp³-hybridized carbons (Fsp3) is 0.471. The Morgan fingerprint density at radius 3 is 2.86 bits per heavy atom. The number of imidazole rings is 1. The molecule has 1 aromatic carbocycles. The first-order chi connectivity index (χ1) is 10.6. The second-order valence-electron chi connectivity index (χ2n) is 6.02. The zero-order valence-corrected chi connectivity index (χ0v) is 13.4. The highest BCUT2D eigenvalue weighted by molar-refractivity contribution is 5.34. The van der Waals surface area contributed by atoms with Crippen molar-refractivity contribution in [2.75, 3.05) is 18.5 Å². The quantitative estimate of drug-likeness (QED) is 0.943. The van der Waals surface area contributed by atoms with Gasteiger partial charge in [0.2, 0.25) is 0 Å². The van der Waals surface area contributed by atoms with E-state index < -0.39 is 0 Å². The molecule has 22 heavy (non-hydrogen) atoms. The molecule has 0 bridgehead atoms. The molecule has 1 fully saturated rings. The van der Waals surface area contributed by atoms with Crippen LogP contribution in [0.2, 0.25) is 0 Å². The van der Waals surface area contributed by atoms with Crippen LogP contribution in [0.1, 0.15) is 17.5 Å². The monoisotopic (exact) mass is 301 g/mol. The van der Waals surface area contributed by atoms with E-state index in [9.17, 15) is 0 Å². The van der Waals surface area contributed by atoms with Crippen LogP contribution < -0.4 is 10.1 Å². The number of rotatable bonds is 4. The van der Waals surface area contributed by atoms with Crippen molar-refractivity contribution in [1.29, 1.82) is 0 Å². The van der Waals surface area contributed by atoms with Gasteiger partial charge in [0.1, 0.15) is 17.7 Å². The molecule has 2 unspecified atom stereocenters. The van der Waals surface area contributed by atoms with Gasteiger partial charge in [0.15, 0.2) is 0 Å². The van der Waals surface area contributed by atoms with Gasteiger partial charge in [-0.05, 0) is 37.1 Å². The van der Waals surface area contributed by atoms with Crippen LogP contribution in [0.25, 0.3) is 0 Å². The third kappa shape index (κ3) is 3.60. The molecule has 1 N–H and O–H groups in total. The lowest BCUT2D eigenvalue weighted by Crippen LogP contribution is -2.40. The van der Waals surface area contributed by atoms with Crippen molar-refractivity contribution in [2.45, 2.75) is 32.4 Å². The number of ether oxygens (including phenoxy) is 2. The van der Waals surface area contributed by atoms with Gasteiger partial charge in [-0.1, -0.05) is 6.07 Å². The lowest BCUT2D eigenvalue weighted by atomic mass is 10.1. The zero-order valence-electron chi connectivity index (χ0n) is 13.4. The van der Waals surface area contributed by atoms with Crippen molar-refractivity contribution in [3.05, 3.63) is 41.9 Å². The smallest absolute Gasteiger partial charge is 0.144 e. The van der Waals surface area contributed by atoms with Gasteiger partial charge in [0, 0.05) is 19.7 Å². The Bertz CT molecular complexity index is 639. The Kier molecular flexibility index (Phi) is 4.34. The zero-order chi connectivity index (χ0) is 15.5. The molecule has 5 heteroatoms. The SMILES string of the molecule is Cc1ccc(OC2COCC(Nc3cn(C)cn3)C2)cc1C. The second kappa shape index (κ2) is 6.40. The van der Waals surface area contributed by atoms with Crippen LogP contribution in [0.3, 0.4) is 0 Å². The molecule has 5 nitrogen and oxygen atoms in total. The third-order valence-corrected chi connectivity index (χ3v) is 4.01. The fourth-order valence-electron chi connectivity index (χ4n) is 2.65. The number of anilines is 1. The summed E-state index contributed by atoms with van der Waals surface area (Å²) in [5.41, 5.74) is 2.53. The topological polar surface area (TPSA) is 48.3 Å². The number of nitrogens with one attached hydrogen (secondary N) is 1. The number of hydrogen-bond donors (Lipinski definition) is 1. The van der Waals surface area contributed by atoms with Crippen LogP contribution in [-0.2, 0) is 11.8 Å². The van der Waals surface area contributed by atoms with Crippen molar-refractivity contribution < 1.29 is 9.47 Å². The standard InChI is InChI=1S/C17H23N3O2/c1-12-4-5-15(6-13(12)2)22-16-7-14(9-21-10-16)19-17-8-20(3)11-18-17/h4-6,8,11,14,16,19H,7,9-10H2,1-3H3. The molecule has 0 aliphatic carbocycles. The van der Waals surface area contributed by atoms with Crippen LogP contribution in [0.4, 0.5) is 5.82 Å². The minimum absolute atomic E-state index is 0.0667. The highest BCUT2D eigenvalue weighted by Gasteiger charge is 2.24. The summed E-state index contributed by atoms with van der Waals surface area (Å²) in [5.74, 6) is 1.79. The van der Waals surface area contributed by atoms with E-state index in [0.29, 0.717) is 13.2 Å². The molecule has 0 radical (unpaired) electrons. The lowest BCUT2D eigenvalue weighted by Gasteiger charge is -2.30. The van der Waals surface area contributed by atoms with Crippen molar-refractivity contribution in [3.8, 4) is 5.75 Å². The lowest BCUT2D eigenvalue weighted by molar-refractivity contribution is 0.000704. The average molecular weight is 301 g/mol. The molecule has 0 amide bonds. The van der Waals surface area contributed by atoms with Crippen molar-refractivity contribution in [2.24, 2.45) is 7.05 Å². The maximum Gasteiger partial charge on any atom is 0.144 e. The van der Waals surface area contributed by atoms with Crippen molar-refractivity contribution in [3.63, 3.8) is 0 Å². The molecule has 118 valence electrons. The van der Waals surface area contributed by atoms with Crippen LogP contribution in [-0.4, -0.2) is 34.9 Å². The Morgan fingerprint density at radius 2 is 2.14 bits per heavy atom. The van der Waals surface area contributed by atoms with Crippen LogP contribution in [0.5, 0.6) is 5.75 Å². The minimum atomic E-state index is 0.0667. The third-order valence-electron chi connectivity index (χ3n) is 4.01. The van der Waals surface area contributed by atoms with Gasteiger partial charge in [0.25, 0.3) is 0 Å². The maximum absolute atomic E-state index is 6.07. The molecule has 2 atom stereocenters. The van der Waals surface area contributed by atoms with E-state index in [1.807, 2.05) is 23.9 Å². The summed E-state index contributed by atoms with van der Waals surface area (Å²) in [7, 11) is 1.96. The number of aryl methyl sites for hydroxylation is 3. The molecule has 1 aliphatic rings. The van der Waals surface area contributed by atoms with E-state index >= 15 is 0 Å². The number of nitrogens with zero attached hydrogens (tertiary/aromatic N) is 2. The number of aromatic nitrogens is 2. The molecule has 1 aliphatic heterocycles. The number of benzene rings is 1. The van der Waals surface area contributed by atoms with E-state index in [2.05, 4.69) is 36.3 Å². The molecule has 2 aromatic rings. The van der Waals surface area contributed by atoms with E-state index in [4.69, 9.17) is 9.47 Å². The van der Waals surface area contributed by atoms with E-state index in [1.54, 1.807) is 6.33 Å². The van der Waals surface area contributed by atoms with Gasteiger partial charge < -0.3 is 19.4 Å². The Morgan fingerprint density at radius 1 is 1.27 bits per heavy atom. The van der Waals surface area contributed by atoms with Gasteiger partial charge in [-0.3, -0.25) is 0 Å². The Balaban J connectivity index is 1.59. The van der Waals surface area contributed by atoms with Crippen LogP contribution in [0, 0.1) is 13.8 Å². The van der Waals surface area contributed by atoms with E-state index in [0.717, 1.165) is 18.0 Å². The first-order valence-electron chi connectivity index (χ1n) is 7.66. The largest absolute Gasteiger partial charge is 0.488 e. The highest BCUT2D eigenvalue weighted by Crippen LogP contribution is 2.21. The van der Waals surface area contributed by atoms with Gasteiger partial charge >= 0.3 is 0 Å². The van der Waals surface area contributed by atoms with E-state index in [1.165, 1.54) is 11.1 Å². The van der Waals surface area contributed by atoms with Crippen LogP contribution >= 0.6 is 0 Å². The van der Waals surface area contributed by atoms with Crippen molar-refractivity contribution >= 4 is 5.82 Å². The molecular weight excluding hydrogens is 278 g/mol. The number of hydrogen-bond acceptors (Lipinski definition) is 4. The maximum atomic E-state index is 6.07. The first-order valence-corrected chi connectivity index (χ1v) is 7.66. The van der Waals surface area contributed by atoms with Gasteiger partial charge in [-0.25, -0.2) is 4.98 Å². The van der Waals surface area contributed by atoms with E-state index in [-0.39, 0.29) is 12.1 Å². The molecule has 3 rings (SSSR count). The Labute approximate surface area is 131 Å². The summed E-state index contributed by atoms with van der Waals surface area (Å²) in [6, 6.07) is 6.43. The highest BCUT2D eigenvalue weighted by atomic mass is 16.5. The fourth-order valence-corrected chi connectivity index (χ4v) is 2.65. The summed E-state index contributed by atoms with van der Waals surface area (Å²) in [5, 5.41) is 3.40. The average Bonchev–Trinajstić information content (AvgIpc) is 2.89. The molecule has 0 saturated carbocycles. The summed E-state index contributed by atoms with van der Waals surface area (Å²) >= 11 is 0. The van der Waals surface area contributed by atoms with Crippen LogP contribution in [0.15, 0.2) is 30.7 Å². The minimum Gasteiger partial charge on any atom is -0.488 e. The Hall–Kier alpha value is -2.01. The molecular formula is C17H23N3O2. The molecule has 1 aromatic heterocycles. The van der Waals surface area contributed by atoms with Gasteiger partial charge in [0.05, 0.1) is 25.6 Å².